The molecule has 0 fully saturated rings. The molecular formula is C10H8N2O4. The summed E-state index contributed by atoms with van der Waals surface area (Å²) >= 11 is 0. The Morgan fingerprint density at radius 1 is 1.31 bits per heavy atom. The first-order valence-corrected chi connectivity index (χ1v) is 4.37. The third-order valence-corrected chi connectivity index (χ3v) is 2.08. The smallest absolute Gasteiger partial charge is 0.358 e. The van der Waals surface area contributed by atoms with Crippen LogP contribution in [-0.2, 0) is 0 Å². The number of nitrogen functional groups attached to an aromatic ring is 1. The Morgan fingerprint density at radius 2 is 1.94 bits per heavy atom. The third-order valence-electron chi connectivity index (χ3n) is 2.08. The summed E-state index contributed by atoms with van der Waals surface area (Å²) < 4.78 is 4.63. The van der Waals surface area contributed by atoms with Gasteiger partial charge in [0.05, 0.1) is 5.56 Å². The van der Waals surface area contributed by atoms with Crippen LogP contribution in [0.25, 0.3) is 11.1 Å². The van der Waals surface area contributed by atoms with Gasteiger partial charge in [0.25, 0.3) is 0 Å². The highest BCUT2D eigenvalue weighted by atomic mass is 16.5. The van der Waals surface area contributed by atoms with E-state index in [0.717, 1.165) is 0 Å². The van der Waals surface area contributed by atoms with Gasteiger partial charge in [0.2, 0.25) is 11.6 Å². The van der Waals surface area contributed by atoms with E-state index >= 15 is 0 Å². The number of phenolic OH excluding ortho intramolecular Hbond substituents is 1. The fraction of sp³-hybridized carbons (Fsp3) is 0. The second-order valence-electron chi connectivity index (χ2n) is 3.12. The molecule has 0 unspecified atom stereocenters. The first-order valence-electron chi connectivity index (χ1n) is 4.37. The number of rotatable bonds is 2. The molecule has 4 N–H and O–H groups in total. The molecule has 0 saturated heterocycles. The van der Waals surface area contributed by atoms with Gasteiger partial charge in [-0.05, 0) is 17.7 Å². The number of aromatic nitrogens is 1. The van der Waals surface area contributed by atoms with Crippen LogP contribution >= 0.6 is 0 Å². The lowest BCUT2D eigenvalue weighted by Crippen LogP contribution is -1.99. The molecule has 6 nitrogen and oxygen atoms in total. The normalized spacial score (nSPS) is 10.2. The Bertz CT molecular complexity index is 530. The monoisotopic (exact) mass is 220 g/mol. The summed E-state index contributed by atoms with van der Waals surface area (Å²) in [5.74, 6) is -1.21. The van der Waals surface area contributed by atoms with Crippen molar-refractivity contribution in [2.75, 3.05) is 5.73 Å². The molecule has 0 aliphatic rings. The number of hydrogen-bond donors (Lipinski definition) is 3. The summed E-state index contributed by atoms with van der Waals surface area (Å²) in [4.78, 5) is 10.8. The lowest BCUT2D eigenvalue weighted by molar-refractivity contribution is 0.0686. The van der Waals surface area contributed by atoms with Gasteiger partial charge in [-0.1, -0.05) is 17.3 Å². The Kier molecular flexibility index (Phi) is 2.24. The van der Waals surface area contributed by atoms with Crippen LogP contribution < -0.4 is 5.73 Å². The number of anilines is 1. The highest BCUT2D eigenvalue weighted by Gasteiger charge is 2.20. The van der Waals surface area contributed by atoms with E-state index in [4.69, 9.17) is 15.9 Å². The zero-order valence-corrected chi connectivity index (χ0v) is 8.04. The molecule has 0 saturated carbocycles. The van der Waals surface area contributed by atoms with E-state index in [2.05, 4.69) is 9.68 Å². The molecule has 0 spiro atoms. The molecule has 0 amide bonds. The van der Waals surface area contributed by atoms with Crippen molar-refractivity contribution in [2.45, 2.75) is 0 Å². The lowest BCUT2D eigenvalue weighted by atomic mass is 10.1. The van der Waals surface area contributed by atoms with E-state index in [1.54, 1.807) is 0 Å². The molecule has 0 bridgehead atoms. The average molecular weight is 220 g/mol. The average Bonchev–Trinajstić information content (AvgIpc) is 2.62. The van der Waals surface area contributed by atoms with Gasteiger partial charge >= 0.3 is 5.97 Å². The lowest BCUT2D eigenvalue weighted by Gasteiger charge is -1.99. The van der Waals surface area contributed by atoms with Crippen molar-refractivity contribution in [3.8, 4) is 16.9 Å². The van der Waals surface area contributed by atoms with Crippen molar-refractivity contribution in [2.24, 2.45) is 0 Å². The van der Waals surface area contributed by atoms with Gasteiger partial charge < -0.3 is 20.5 Å². The van der Waals surface area contributed by atoms with Crippen molar-refractivity contribution in [1.29, 1.82) is 0 Å². The molecule has 1 aromatic carbocycles. The number of carboxylic acid groups (broad SMARTS) is 1. The van der Waals surface area contributed by atoms with E-state index in [1.165, 1.54) is 24.3 Å². The second kappa shape index (κ2) is 3.58. The summed E-state index contributed by atoms with van der Waals surface area (Å²) in [5.41, 5.74) is 5.98. The van der Waals surface area contributed by atoms with Gasteiger partial charge in [0.1, 0.15) is 5.75 Å². The number of aromatic hydroxyl groups is 1. The second-order valence-corrected chi connectivity index (χ2v) is 3.12. The zero-order valence-electron chi connectivity index (χ0n) is 8.04. The molecule has 2 aromatic rings. The molecule has 82 valence electrons. The number of carboxylic acids is 1. The Labute approximate surface area is 89.9 Å². The van der Waals surface area contributed by atoms with Crippen LogP contribution in [0.4, 0.5) is 5.88 Å². The predicted molar refractivity (Wildman–Crippen MR) is 55.0 cm³/mol. The van der Waals surface area contributed by atoms with E-state index in [9.17, 15) is 4.79 Å². The van der Waals surface area contributed by atoms with Crippen LogP contribution in [0.5, 0.6) is 5.75 Å². The summed E-state index contributed by atoms with van der Waals surface area (Å²) in [6, 6.07) is 5.91. The maximum absolute atomic E-state index is 10.8. The summed E-state index contributed by atoms with van der Waals surface area (Å²) in [7, 11) is 0. The van der Waals surface area contributed by atoms with Crippen molar-refractivity contribution >= 4 is 11.9 Å². The minimum Gasteiger partial charge on any atom is -0.508 e. The number of carbonyl (C=O) groups is 1. The Hall–Kier alpha value is -2.50. The number of benzene rings is 1. The van der Waals surface area contributed by atoms with Crippen LogP contribution in [-0.4, -0.2) is 21.3 Å². The van der Waals surface area contributed by atoms with Gasteiger partial charge in [-0.25, -0.2) is 4.79 Å². The van der Waals surface area contributed by atoms with Gasteiger partial charge in [-0.15, -0.1) is 0 Å². The van der Waals surface area contributed by atoms with Gasteiger partial charge in [-0.2, -0.15) is 0 Å². The highest BCUT2D eigenvalue weighted by molar-refractivity contribution is 5.96. The number of nitrogens with two attached hydrogens (primary N) is 1. The van der Waals surface area contributed by atoms with Crippen molar-refractivity contribution in [3.05, 3.63) is 30.0 Å². The Balaban J connectivity index is 2.58. The first kappa shape index (κ1) is 10.0. The predicted octanol–water partition coefficient (Wildman–Crippen LogP) is 1.33. The molecule has 0 atom stereocenters. The van der Waals surface area contributed by atoms with Crippen LogP contribution in [0.1, 0.15) is 10.5 Å². The summed E-state index contributed by atoms with van der Waals surface area (Å²) in [6.07, 6.45) is 0. The fourth-order valence-corrected chi connectivity index (χ4v) is 1.36. The fourth-order valence-electron chi connectivity index (χ4n) is 1.36. The Morgan fingerprint density at radius 3 is 2.50 bits per heavy atom. The van der Waals surface area contributed by atoms with Crippen molar-refractivity contribution in [1.82, 2.24) is 5.16 Å². The quantitative estimate of drug-likeness (QED) is 0.704. The molecule has 2 rings (SSSR count). The molecule has 0 aliphatic carbocycles. The van der Waals surface area contributed by atoms with E-state index < -0.39 is 5.97 Å². The molecule has 6 heteroatoms. The largest absolute Gasteiger partial charge is 0.508 e. The van der Waals surface area contributed by atoms with E-state index in [0.29, 0.717) is 5.56 Å². The highest BCUT2D eigenvalue weighted by Crippen LogP contribution is 2.30. The molecule has 1 aromatic heterocycles. The summed E-state index contributed by atoms with van der Waals surface area (Å²) in [6.45, 7) is 0. The number of hydrogen-bond acceptors (Lipinski definition) is 5. The van der Waals surface area contributed by atoms with Crippen LogP contribution in [0.15, 0.2) is 28.8 Å². The molecular weight excluding hydrogens is 212 g/mol. The first-order chi connectivity index (χ1) is 7.59. The minimum absolute atomic E-state index is 0.0666. The van der Waals surface area contributed by atoms with Crippen LogP contribution in [0, 0.1) is 0 Å². The maximum Gasteiger partial charge on any atom is 0.358 e. The summed E-state index contributed by atoms with van der Waals surface area (Å²) in [5, 5.41) is 21.3. The number of phenols is 1. The third kappa shape index (κ3) is 1.56. The minimum atomic E-state index is -1.22. The number of nitrogens with zero attached hydrogens (tertiary/aromatic N) is 1. The maximum atomic E-state index is 10.8. The van der Waals surface area contributed by atoms with Gasteiger partial charge in [0, 0.05) is 0 Å². The molecule has 0 radical (unpaired) electrons. The SMILES string of the molecule is Nc1onc(C(=O)O)c1-c1ccc(O)cc1. The standard InChI is InChI=1S/C10H8N2O4/c11-9-7(8(10(14)15)12-16-9)5-1-3-6(13)4-2-5/h1-4,13H,11H2,(H,14,15). The van der Waals surface area contributed by atoms with Crippen molar-refractivity contribution < 1.29 is 19.5 Å². The van der Waals surface area contributed by atoms with Gasteiger partial charge in [-0.3, -0.25) is 0 Å². The van der Waals surface area contributed by atoms with Crippen LogP contribution in [0.2, 0.25) is 0 Å². The van der Waals surface area contributed by atoms with Crippen molar-refractivity contribution in [3.63, 3.8) is 0 Å². The van der Waals surface area contributed by atoms with E-state index in [1.807, 2.05) is 0 Å². The molecule has 16 heavy (non-hydrogen) atoms. The molecule has 1 heterocycles. The molecule has 0 aliphatic heterocycles. The number of aromatic carboxylic acids is 1. The van der Waals surface area contributed by atoms with E-state index in [-0.39, 0.29) is 22.9 Å². The topological polar surface area (TPSA) is 110 Å². The van der Waals surface area contributed by atoms with Crippen LogP contribution in [0.3, 0.4) is 0 Å². The zero-order chi connectivity index (χ0) is 11.7. The van der Waals surface area contributed by atoms with Gasteiger partial charge in [0.15, 0.2) is 0 Å².